The second kappa shape index (κ2) is 7.53. The summed E-state index contributed by atoms with van der Waals surface area (Å²) in [5.41, 5.74) is 7.99. The summed E-state index contributed by atoms with van der Waals surface area (Å²) in [7, 11) is 0. The highest BCUT2D eigenvalue weighted by atomic mass is 35.5. The number of hydrazine groups is 1. The minimum Gasteiger partial charge on any atom is -0.454 e. The van der Waals surface area contributed by atoms with Gasteiger partial charge in [-0.3, -0.25) is 20.4 Å². The van der Waals surface area contributed by atoms with E-state index >= 15 is 0 Å². The quantitative estimate of drug-likeness (QED) is 0.715. The fourth-order valence-electron chi connectivity index (χ4n) is 2.53. The molecule has 2 aromatic carbocycles. The van der Waals surface area contributed by atoms with Gasteiger partial charge in [-0.25, -0.2) is 0 Å². The van der Waals surface area contributed by atoms with Crippen molar-refractivity contribution in [2.45, 2.75) is 13.8 Å². The highest BCUT2D eigenvalue weighted by molar-refractivity contribution is 6.32. The Morgan fingerprint density at radius 3 is 2.69 bits per heavy atom. The summed E-state index contributed by atoms with van der Waals surface area (Å²) in [6.45, 7) is 4.03. The van der Waals surface area contributed by atoms with Crippen LogP contribution in [0.3, 0.4) is 0 Å². The van der Waals surface area contributed by atoms with Gasteiger partial charge in [-0.2, -0.15) is 0 Å². The molecule has 0 aromatic heterocycles. The van der Waals surface area contributed by atoms with Crippen LogP contribution in [-0.2, 0) is 4.79 Å². The number of benzene rings is 2. The van der Waals surface area contributed by atoms with E-state index < -0.39 is 5.91 Å². The Bertz CT molecular complexity index is 870. The molecule has 0 saturated heterocycles. The third-order valence-corrected chi connectivity index (χ3v) is 4.11. The molecule has 1 aliphatic rings. The van der Waals surface area contributed by atoms with Gasteiger partial charge < -0.3 is 14.8 Å². The number of carbonyl (C=O) groups excluding carboxylic acids is 2. The van der Waals surface area contributed by atoms with Crippen LogP contribution >= 0.6 is 11.6 Å². The Balaban J connectivity index is 1.53. The number of halogens is 1. The maximum atomic E-state index is 12.2. The molecule has 136 valence electrons. The molecule has 2 amide bonds. The predicted octanol–water partition coefficient (Wildman–Crippen LogP) is 2.56. The van der Waals surface area contributed by atoms with Crippen LogP contribution in [0.5, 0.6) is 11.5 Å². The molecule has 8 heteroatoms. The molecule has 0 unspecified atom stereocenters. The molecule has 26 heavy (non-hydrogen) atoms. The average molecular weight is 376 g/mol. The van der Waals surface area contributed by atoms with Gasteiger partial charge in [-0.1, -0.05) is 29.3 Å². The van der Waals surface area contributed by atoms with Gasteiger partial charge in [0.15, 0.2) is 11.5 Å². The molecule has 0 radical (unpaired) electrons. The maximum absolute atomic E-state index is 12.2. The van der Waals surface area contributed by atoms with E-state index in [1.807, 2.05) is 32.0 Å². The number of fused-ring (bicyclic) bond motifs is 1. The van der Waals surface area contributed by atoms with E-state index in [1.165, 1.54) is 12.1 Å². The highest BCUT2D eigenvalue weighted by Gasteiger charge is 2.20. The fourth-order valence-corrected chi connectivity index (χ4v) is 2.79. The number of aryl methyl sites for hydroxylation is 2. The molecule has 0 aliphatic carbocycles. The summed E-state index contributed by atoms with van der Waals surface area (Å²) in [5.74, 6) is -0.0920. The second-order valence-corrected chi connectivity index (χ2v) is 6.27. The molecule has 1 heterocycles. The van der Waals surface area contributed by atoms with Gasteiger partial charge in [0.1, 0.15) is 0 Å². The van der Waals surface area contributed by atoms with Crippen LogP contribution in [0.15, 0.2) is 30.3 Å². The van der Waals surface area contributed by atoms with E-state index in [0.29, 0.717) is 11.5 Å². The molecular weight excluding hydrogens is 358 g/mol. The lowest BCUT2D eigenvalue weighted by Gasteiger charge is -2.11. The number of anilines is 1. The minimum atomic E-state index is -0.509. The lowest BCUT2D eigenvalue weighted by Crippen LogP contribution is -2.44. The lowest BCUT2D eigenvalue weighted by molar-refractivity contribution is -0.120. The fraction of sp³-hybridized carbons (Fsp3) is 0.222. The van der Waals surface area contributed by atoms with Crippen molar-refractivity contribution in [3.63, 3.8) is 0 Å². The third kappa shape index (κ3) is 4.00. The maximum Gasteiger partial charge on any atom is 0.269 e. The summed E-state index contributed by atoms with van der Waals surface area (Å²) >= 11 is 6.04. The van der Waals surface area contributed by atoms with E-state index in [0.717, 1.165) is 16.8 Å². The molecular formula is C18H18ClN3O4. The van der Waals surface area contributed by atoms with Crippen molar-refractivity contribution in [2.75, 3.05) is 18.7 Å². The number of amides is 2. The van der Waals surface area contributed by atoms with Crippen LogP contribution in [0.4, 0.5) is 5.69 Å². The first-order chi connectivity index (χ1) is 12.4. The Morgan fingerprint density at radius 1 is 1.12 bits per heavy atom. The van der Waals surface area contributed by atoms with E-state index in [2.05, 4.69) is 16.2 Å². The third-order valence-electron chi connectivity index (χ3n) is 3.83. The first-order valence-corrected chi connectivity index (χ1v) is 8.31. The zero-order valence-corrected chi connectivity index (χ0v) is 15.1. The van der Waals surface area contributed by atoms with Crippen molar-refractivity contribution in [1.29, 1.82) is 0 Å². The van der Waals surface area contributed by atoms with E-state index in [4.69, 9.17) is 21.1 Å². The molecule has 2 aromatic rings. The summed E-state index contributed by atoms with van der Waals surface area (Å²) in [5, 5.41) is 3.30. The topological polar surface area (TPSA) is 88.7 Å². The van der Waals surface area contributed by atoms with E-state index in [9.17, 15) is 9.59 Å². The molecule has 0 spiro atoms. The molecule has 0 atom stereocenters. The van der Waals surface area contributed by atoms with Gasteiger partial charge in [0.05, 0.1) is 11.6 Å². The highest BCUT2D eigenvalue weighted by Crippen LogP contribution is 2.39. The normalized spacial score (nSPS) is 11.8. The Labute approximate surface area is 155 Å². The second-order valence-electron chi connectivity index (χ2n) is 5.87. The van der Waals surface area contributed by atoms with Gasteiger partial charge >= 0.3 is 0 Å². The first kappa shape index (κ1) is 17.9. The van der Waals surface area contributed by atoms with Gasteiger partial charge in [0.25, 0.3) is 11.8 Å². The molecule has 0 bridgehead atoms. The Hall–Kier alpha value is -2.93. The van der Waals surface area contributed by atoms with Gasteiger partial charge in [0.2, 0.25) is 6.79 Å². The standard InChI is InChI=1S/C18H18ClN3O4/c1-10-3-4-14(11(2)5-10)20-8-16(23)21-22-18(24)12-6-13(19)17-15(7-12)25-9-26-17/h3-7,20H,8-9H2,1-2H3,(H,21,23)(H,22,24). The monoisotopic (exact) mass is 375 g/mol. The number of rotatable bonds is 4. The van der Waals surface area contributed by atoms with E-state index in [1.54, 1.807) is 0 Å². The largest absolute Gasteiger partial charge is 0.454 e. The molecule has 3 rings (SSSR count). The molecule has 0 fully saturated rings. The number of carbonyl (C=O) groups is 2. The van der Waals surface area contributed by atoms with Crippen LogP contribution in [-0.4, -0.2) is 25.2 Å². The summed E-state index contributed by atoms with van der Waals surface area (Å²) < 4.78 is 10.4. The molecule has 3 N–H and O–H groups in total. The van der Waals surface area contributed by atoms with Gasteiger partial charge in [-0.05, 0) is 37.6 Å². The number of hydrogen-bond acceptors (Lipinski definition) is 5. The summed E-state index contributed by atoms with van der Waals surface area (Å²) in [6, 6.07) is 8.84. The average Bonchev–Trinajstić information content (AvgIpc) is 3.08. The van der Waals surface area contributed by atoms with E-state index in [-0.39, 0.29) is 29.8 Å². The van der Waals surface area contributed by atoms with Crippen LogP contribution in [0, 0.1) is 13.8 Å². The zero-order valence-electron chi connectivity index (χ0n) is 14.3. The van der Waals surface area contributed by atoms with Crippen molar-refractivity contribution in [3.05, 3.63) is 52.0 Å². The zero-order chi connectivity index (χ0) is 18.7. The predicted molar refractivity (Wildman–Crippen MR) is 97.6 cm³/mol. The number of hydrogen-bond donors (Lipinski definition) is 3. The van der Waals surface area contributed by atoms with Gasteiger partial charge in [-0.15, -0.1) is 0 Å². The van der Waals surface area contributed by atoms with Crippen molar-refractivity contribution < 1.29 is 19.1 Å². The number of ether oxygens (including phenoxy) is 2. The van der Waals surface area contributed by atoms with Crippen LogP contribution in [0.2, 0.25) is 5.02 Å². The van der Waals surface area contributed by atoms with Crippen LogP contribution in [0.1, 0.15) is 21.5 Å². The Morgan fingerprint density at radius 2 is 1.92 bits per heavy atom. The van der Waals surface area contributed by atoms with Crippen LogP contribution < -0.4 is 25.6 Å². The van der Waals surface area contributed by atoms with Crippen molar-refractivity contribution >= 4 is 29.1 Å². The van der Waals surface area contributed by atoms with Crippen molar-refractivity contribution in [2.24, 2.45) is 0 Å². The van der Waals surface area contributed by atoms with Crippen molar-refractivity contribution in [3.8, 4) is 11.5 Å². The number of nitrogens with one attached hydrogen (secondary N) is 3. The summed E-state index contributed by atoms with van der Waals surface area (Å²) in [4.78, 5) is 24.1. The Kier molecular flexibility index (Phi) is 5.18. The first-order valence-electron chi connectivity index (χ1n) is 7.93. The molecule has 7 nitrogen and oxygen atoms in total. The van der Waals surface area contributed by atoms with Gasteiger partial charge in [0, 0.05) is 11.3 Å². The lowest BCUT2D eigenvalue weighted by atomic mass is 10.1. The van der Waals surface area contributed by atoms with Crippen LogP contribution in [0.25, 0.3) is 0 Å². The summed E-state index contributed by atoms with van der Waals surface area (Å²) in [6.07, 6.45) is 0. The van der Waals surface area contributed by atoms with Crippen molar-refractivity contribution in [1.82, 2.24) is 10.9 Å². The molecule has 1 aliphatic heterocycles. The smallest absolute Gasteiger partial charge is 0.269 e. The SMILES string of the molecule is Cc1ccc(NCC(=O)NNC(=O)c2cc(Cl)c3c(c2)OCO3)c(C)c1. The molecule has 0 saturated carbocycles. The minimum absolute atomic E-state index is 0.0199.